The topological polar surface area (TPSA) is 21.3 Å². The highest BCUT2D eigenvalue weighted by Crippen LogP contribution is 2.31. The molecule has 0 bridgehead atoms. The molecule has 0 spiro atoms. The van der Waals surface area contributed by atoms with Crippen molar-refractivity contribution in [1.82, 2.24) is 5.32 Å². The Bertz CT molecular complexity index is 331. The minimum absolute atomic E-state index is 0.578. The summed E-state index contributed by atoms with van der Waals surface area (Å²) >= 11 is 0. The van der Waals surface area contributed by atoms with Crippen molar-refractivity contribution in [3.63, 3.8) is 0 Å². The molecule has 0 saturated carbocycles. The van der Waals surface area contributed by atoms with Crippen molar-refractivity contribution in [2.45, 2.75) is 18.9 Å². The van der Waals surface area contributed by atoms with Gasteiger partial charge in [-0.25, -0.2) is 0 Å². The van der Waals surface area contributed by atoms with Crippen LogP contribution in [0, 0.1) is 0 Å². The van der Waals surface area contributed by atoms with E-state index in [2.05, 4.69) is 23.5 Å². The highest BCUT2D eigenvalue weighted by atomic mass is 16.5. The van der Waals surface area contributed by atoms with Gasteiger partial charge in [0.1, 0.15) is 5.75 Å². The molecule has 68 valence electrons. The number of rotatable bonds is 1. The van der Waals surface area contributed by atoms with Crippen molar-refractivity contribution in [2.75, 3.05) is 13.2 Å². The van der Waals surface area contributed by atoms with Crippen LogP contribution in [0.5, 0.6) is 5.75 Å². The minimum atomic E-state index is 0.578. The molecule has 2 nitrogen and oxygen atoms in total. The van der Waals surface area contributed by atoms with Crippen LogP contribution in [0.1, 0.15) is 23.6 Å². The Kier molecular flexibility index (Phi) is 1.56. The predicted molar refractivity (Wildman–Crippen MR) is 51.0 cm³/mol. The fraction of sp³-hybridized carbons (Fsp3) is 0.455. The van der Waals surface area contributed by atoms with E-state index in [0.29, 0.717) is 6.04 Å². The van der Waals surface area contributed by atoms with Crippen molar-refractivity contribution in [3.05, 3.63) is 29.3 Å². The van der Waals surface area contributed by atoms with E-state index >= 15 is 0 Å². The van der Waals surface area contributed by atoms with Crippen LogP contribution < -0.4 is 10.1 Å². The fourth-order valence-corrected chi connectivity index (χ4v) is 1.97. The van der Waals surface area contributed by atoms with Gasteiger partial charge >= 0.3 is 0 Å². The second kappa shape index (κ2) is 2.74. The van der Waals surface area contributed by atoms with E-state index in [4.69, 9.17) is 4.74 Å². The second-order valence-corrected chi connectivity index (χ2v) is 3.76. The Morgan fingerprint density at radius 2 is 2.31 bits per heavy atom. The molecule has 1 atom stereocenters. The van der Waals surface area contributed by atoms with Gasteiger partial charge in [0.15, 0.2) is 0 Å². The number of benzene rings is 1. The summed E-state index contributed by atoms with van der Waals surface area (Å²) in [6.45, 7) is 2.01. The summed E-state index contributed by atoms with van der Waals surface area (Å²) < 4.78 is 5.53. The van der Waals surface area contributed by atoms with Gasteiger partial charge in [-0.1, -0.05) is 12.1 Å². The number of hydrogen-bond donors (Lipinski definition) is 1. The summed E-state index contributed by atoms with van der Waals surface area (Å²) in [6, 6.07) is 7.20. The first-order chi connectivity index (χ1) is 6.43. The van der Waals surface area contributed by atoms with Crippen LogP contribution in [0.3, 0.4) is 0 Å². The zero-order valence-electron chi connectivity index (χ0n) is 7.55. The smallest absolute Gasteiger partial charge is 0.122 e. The lowest BCUT2D eigenvalue weighted by molar-refractivity contribution is 0.352. The van der Waals surface area contributed by atoms with Gasteiger partial charge in [-0.2, -0.15) is 0 Å². The molecule has 0 unspecified atom stereocenters. The standard InChI is InChI=1S/C11H13NO/c1-2-9(10-3-5-12-10)7-11-8(1)4-6-13-11/h1-2,7,10,12H,3-6H2/t10-/m1/s1. The van der Waals surface area contributed by atoms with Gasteiger partial charge in [-0.15, -0.1) is 0 Å². The maximum Gasteiger partial charge on any atom is 0.122 e. The molecule has 0 aromatic heterocycles. The maximum atomic E-state index is 5.53. The van der Waals surface area contributed by atoms with Crippen LogP contribution >= 0.6 is 0 Å². The molecular formula is C11H13NO. The molecular weight excluding hydrogens is 162 g/mol. The normalized spacial score (nSPS) is 24.8. The molecule has 2 aliphatic rings. The zero-order chi connectivity index (χ0) is 8.67. The molecule has 1 N–H and O–H groups in total. The Labute approximate surface area is 77.9 Å². The van der Waals surface area contributed by atoms with Crippen LogP contribution in [0.4, 0.5) is 0 Å². The fourth-order valence-electron chi connectivity index (χ4n) is 1.97. The van der Waals surface area contributed by atoms with E-state index < -0.39 is 0 Å². The van der Waals surface area contributed by atoms with Gasteiger partial charge in [0, 0.05) is 12.5 Å². The summed E-state index contributed by atoms with van der Waals surface area (Å²) in [5.41, 5.74) is 2.75. The Balaban J connectivity index is 1.95. The molecule has 0 amide bonds. The van der Waals surface area contributed by atoms with Crippen molar-refractivity contribution < 1.29 is 4.74 Å². The Morgan fingerprint density at radius 1 is 1.38 bits per heavy atom. The molecule has 1 aromatic rings. The largest absolute Gasteiger partial charge is 0.493 e. The molecule has 2 heterocycles. The summed E-state index contributed by atoms with van der Waals surface area (Å²) in [5, 5.41) is 3.40. The molecule has 1 saturated heterocycles. The summed E-state index contributed by atoms with van der Waals surface area (Å²) in [4.78, 5) is 0. The minimum Gasteiger partial charge on any atom is -0.493 e. The van der Waals surface area contributed by atoms with Crippen LogP contribution in [0.2, 0.25) is 0 Å². The first kappa shape index (κ1) is 7.39. The molecule has 1 aromatic carbocycles. The summed E-state index contributed by atoms with van der Waals surface area (Å²) in [7, 11) is 0. The van der Waals surface area contributed by atoms with Gasteiger partial charge in [-0.3, -0.25) is 0 Å². The van der Waals surface area contributed by atoms with Crippen LogP contribution in [-0.2, 0) is 6.42 Å². The van der Waals surface area contributed by atoms with Crippen molar-refractivity contribution >= 4 is 0 Å². The molecule has 3 rings (SSSR count). The average molecular weight is 175 g/mol. The summed E-state index contributed by atoms with van der Waals surface area (Å²) in [6.07, 6.45) is 2.34. The van der Waals surface area contributed by atoms with Crippen LogP contribution in [0.25, 0.3) is 0 Å². The van der Waals surface area contributed by atoms with Crippen molar-refractivity contribution in [3.8, 4) is 5.75 Å². The van der Waals surface area contributed by atoms with E-state index in [1.165, 1.54) is 17.5 Å². The average Bonchev–Trinajstić information content (AvgIpc) is 2.47. The van der Waals surface area contributed by atoms with E-state index in [1.54, 1.807) is 0 Å². The lowest BCUT2D eigenvalue weighted by Crippen LogP contribution is -2.34. The predicted octanol–water partition coefficient (Wildman–Crippen LogP) is 1.66. The second-order valence-electron chi connectivity index (χ2n) is 3.76. The third-order valence-corrected chi connectivity index (χ3v) is 2.95. The lowest BCUT2D eigenvalue weighted by atomic mass is 9.96. The third-order valence-electron chi connectivity index (χ3n) is 2.95. The van der Waals surface area contributed by atoms with E-state index in [1.807, 2.05) is 0 Å². The molecule has 0 aliphatic carbocycles. The van der Waals surface area contributed by atoms with E-state index in [-0.39, 0.29) is 0 Å². The number of ether oxygens (including phenoxy) is 1. The monoisotopic (exact) mass is 175 g/mol. The third kappa shape index (κ3) is 1.13. The first-order valence-electron chi connectivity index (χ1n) is 4.92. The lowest BCUT2D eigenvalue weighted by Gasteiger charge is -2.28. The zero-order valence-corrected chi connectivity index (χ0v) is 7.55. The Morgan fingerprint density at radius 3 is 3.08 bits per heavy atom. The van der Waals surface area contributed by atoms with Gasteiger partial charge in [0.25, 0.3) is 0 Å². The number of hydrogen-bond acceptors (Lipinski definition) is 2. The van der Waals surface area contributed by atoms with Gasteiger partial charge in [-0.05, 0) is 30.2 Å². The van der Waals surface area contributed by atoms with E-state index in [0.717, 1.165) is 25.3 Å². The van der Waals surface area contributed by atoms with Crippen molar-refractivity contribution in [2.24, 2.45) is 0 Å². The highest BCUT2D eigenvalue weighted by molar-refractivity contribution is 5.41. The van der Waals surface area contributed by atoms with Crippen LogP contribution in [-0.4, -0.2) is 13.2 Å². The van der Waals surface area contributed by atoms with Gasteiger partial charge < -0.3 is 10.1 Å². The molecule has 13 heavy (non-hydrogen) atoms. The maximum absolute atomic E-state index is 5.53. The quantitative estimate of drug-likeness (QED) is 0.700. The van der Waals surface area contributed by atoms with Crippen LogP contribution in [0.15, 0.2) is 18.2 Å². The molecule has 0 radical (unpaired) electrons. The number of nitrogens with one attached hydrogen (secondary N) is 1. The van der Waals surface area contributed by atoms with Gasteiger partial charge in [0.2, 0.25) is 0 Å². The van der Waals surface area contributed by atoms with Crippen molar-refractivity contribution in [1.29, 1.82) is 0 Å². The van der Waals surface area contributed by atoms with Gasteiger partial charge in [0.05, 0.1) is 6.61 Å². The molecule has 2 aliphatic heterocycles. The highest BCUT2D eigenvalue weighted by Gasteiger charge is 2.20. The Hall–Kier alpha value is -1.02. The number of fused-ring (bicyclic) bond motifs is 1. The molecule has 1 fully saturated rings. The van der Waals surface area contributed by atoms with E-state index in [9.17, 15) is 0 Å². The first-order valence-corrected chi connectivity index (χ1v) is 4.92. The SMILES string of the molecule is c1cc2c(cc1[C@H]1CCN1)OCC2. The molecule has 2 heteroatoms. The summed E-state index contributed by atoms with van der Waals surface area (Å²) in [5.74, 6) is 1.10.